The van der Waals surface area contributed by atoms with Gasteiger partial charge in [-0.25, -0.2) is 0 Å². The van der Waals surface area contributed by atoms with Crippen LogP contribution in [0.15, 0.2) is 0 Å². The summed E-state index contributed by atoms with van der Waals surface area (Å²) in [6, 6.07) is -1.14. The van der Waals surface area contributed by atoms with Gasteiger partial charge in [-0.15, -0.1) is 0 Å². The van der Waals surface area contributed by atoms with Crippen molar-refractivity contribution >= 4 is 11.8 Å². The Morgan fingerprint density at radius 2 is 2.06 bits per heavy atom. The van der Waals surface area contributed by atoms with Crippen molar-refractivity contribution in [1.82, 2.24) is 10.2 Å². The van der Waals surface area contributed by atoms with E-state index in [-0.39, 0.29) is 11.8 Å². The van der Waals surface area contributed by atoms with E-state index in [1.54, 1.807) is 26.0 Å². The number of amides is 2. The lowest BCUT2D eigenvalue weighted by Crippen LogP contribution is -2.50. The fourth-order valence-electron chi connectivity index (χ4n) is 1.45. The van der Waals surface area contributed by atoms with Crippen LogP contribution in [-0.2, 0) is 14.3 Å². The van der Waals surface area contributed by atoms with Crippen molar-refractivity contribution in [1.29, 1.82) is 0 Å². The van der Waals surface area contributed by atoms with Gasteiger partial charge in [-0.2, -0.15) is 0 Å². The van der Waals surface area contributed by atoms with Gasteiger partial charge in [-0.05, 0) is 26.7 Å². The molecule has 0 saturated heterocycles. The van der Waals surface area contributed by atoms with Gasteiger partial charge >= 0.3 is 0 Å². The second kappa shape index (κ2) is 8.88. The molecule has 0 aliphatic heterocycles. The predicted molar refractivity (Wildman–Crippen MR) is 70.0 cm³/mol. The van der Waals surface area contributed by atoms with E-state index in [4.69, 9.17) is 10.5 Å². The van der Waals surface area contributed by atoms with Crippen molar-refractivity contribution in [2.45, 2.75) is 38.8 Å². The van der Waals surface area contributed by atoms with Crippen LogP contribution >= 0.6 is 0 Å². The maximum Gasteiger partial charge on any atom is 0.244 e. The molecule has 6 heteroatoms. The summed E-state index contributed by atoms with van der Waals surface area (Å²) < 4.78 is 4.89. The summed E-state index contributed by atoms with van der Waals surface area (Å²) in [5, 5.41) is 2.63. The van der Waals surface area contributed by atoms with E-state index in [1.165, 1.54) is 0 Å². The third-order valence-electron chi connectivity index (χ3n) is 2.78. The molecule has 0 aliphatic carbocycles. The largest absolute Gasteiger partial charge is 0.385 e. The molecule has 2 unspecified atom stereocenters. The fourth-order valence-corrected chi connectivity index (χ4v) is 1.45. The monoisotopic (exact) mass is 259 g/mol. The Morgan fingerprint density at radius 3 is 2.56 bits per heavy atom. The highest BCUT2D eigenvalue weighted by Crippen LogP contribution is 1.97. The second-order valence-electron chi connectivity index (χ2n) is 4.32. The Bertz CT molecular complexity index is 271. The van der Waals surface area contributed by atoms with Crippen molar-refractivity contribution in [3.63, 3.8) is 0 Å². The molecule has 0 heterocycles. The van der Waals surface area contributed by atoms with Crippen LogP contribution in [0.5, 0.6) is 0 Å². The molecule has 106 valence electrons. The van der Waals surface area contributed by atoms with Crippen molar-refractivity contribution in [2.24, 2.45) is 5.73 Å². The molecule has 2 amide bonds. The smallest absolute Gasteiger partial charge is 0.244 e. The highest BCUT2D eigenvalue weighted by Gasteiger charge is 2.21. The first-order chi connectivity index (χ1) is 8.43. The first-order valence-electron chi connectivity index (χ1n) is 6.23. The number of hydrogen-bond acceptors (Lipinski definition) is 4. The van der Waals surface area contributed by atoms with Crippen LogP contribution in [-0.4, -0.2) is 56.1 Å². The Balaban J connectivity index is 4.09. The van der Waals surface area contributed by atoms with E-state index in [0.29, 0.717) is 19.6 Å². The molecule has 0 bridgehead atoms. The Hall–Kier alpha value is -1.14. The molecule has 0 aromatic rings. The summed E-state index contributed by atoms with van der Waals surface area (Å²) in [7, 11) is 3.30. The minimum Gasteiger partial charge on any atom is -0.385 e. The summed E-state index contributed by atoms with van der Waals surface area (Å²) in [5.74, 6) is -0.411. The van der Waals surface area contributed by atoms with Gasteiger partial charge in [0, 0.05) is 27.3 Å². The molecule has 0 aromatic heterocycles. The molecule has 6 nitrogen and oxygen atoms in total. The van der Waals surface area contributed by atoms with Gasteiger partial charge in [0.2, 0.25) is 11.8 Å². The standard InChI is InChI=1S/C12H25N3O3/c1-5-15(3)12(17)9(2)14-11(16)10(13)7-6-8-18-4/h9-10H,5-8,13H2,1-4H3,(H,14,16). The van der Waals surface area contributed by atoms with E-state index in [0.717, 1.165) is 6.42 Å². The molecule has 0 fully saturated rings. The van der Waals surface area contributed by atoms with Crippen LogP contribution < -0.4 is 11.1 Å². The number of carbonyl (C=O) groups is 2. The summed E-state index contributed by atoms with van der Waals surface area (Å²) in [5.41, 5.74) is 5.72. The molecule has 0 saturated carbocycles. The number of carbonyl (C=O) groups excluding carboxylic acids is 2. The Labute approximate surface area is 109 Å². The first kappa shape index (κ1) is 16.9. The minimum absolute atomic E-state index is 0.116. The van der Waals surface area contributed by atoms with E-state index < -0.39 is 12.1 Å². The minimum atomic E-state index is -0.595. The summed E-state index contributed by atoms with van der Waals surface area (Å²) >= 11 is 0. The van der Waals surface area contributed by atoms with Crippen molar-refractivity contribution in [3.05, 3.63) is 0 Å². The third kappa shape index (κ3) is 5.97. The lowest BCUT2D eigenvalue weighted by Gasteiger charge is -2.22. The van der Waals surface area contributed by atoms with Crippen LogP contribution in [0, 0.1) is 0 Å². The van der Waals surface area contributed by atoms with Gasteiger partial charge < -0.3 is 20.7 Å². The van der Waals surface area contributed by atoms with Gasteiger partial charge in [0.1, 0.15) is 6.04 Å². The van der Waals surface area contributed by atoms with Crippen LogP contribution in [0.25, 0.3) is 0 Å². The van der Waals surface area contributed by atoms with Crippen molar-refractivity contribution < 1.29 is 14.3 Å². The molecule has 18 heavy (non-hydrogen) atoms. The summed E-state index contributed by atoms with van der Waals surface area (Å²) in [4.78, 5) is 25.0. The summed E-state index contributed by atoms with van der Waals surface area (Å²) in [6.45, 7) is 4.73. The molecule has 0 aromatic carbocycles. The number of nitrogens with two attached hydrogens (primary N) is 1. The van der Waals surface area contributed by atoms with Gasteiger partial charge in [-0.1, -0.05) is 0 Å². The van der Waals surface area contributed by atoms with E-state index in [9.17, 15) is 9.59 Å². The number of hydrogen-bond donors (Lipinski definition) is 2. The number of methoxy groups -OCH3 is 1. The van der Waals surface area contributed by atoms with Gasteiger partial charge in [0.05, 0.1) is 6.04 Å². The summed E-state index contributed by atoms with van der Waals surface area (Å²) in [6.07, 6.45) is 1.27. The maximum absolute atomic E-state index is 11.7. The van der Waals surface area contributed by atoms with E-state index >= 15 is 0 Å². The van der Waals surface area contributed by atoms with E-state index in [2.05, 4.69) is 5.32 Å². The molecule has 3 N–H and O–H groups in total. The van der Waals surface area contributed by atoms with Gasteiger partial charge in [0.15, 0.2) is 0 Å². The highest BCUT2D eigenvalue weighted by atomic mass is 16.5. The number of nitrogens with one attached hydrogen (secondary N) is 1. The van der Waals surface area contributed by atoms with Gasteiger partial charge in [0.25, 0.3) is 0 Å². The highest BCUT2D eigenvalue weighted by molar-refractivity contribution is 5.89. The molecule has 0 spiro atoms. The van der Waals surface area contributed by atoms with E-state index in [1.807, 2.05) is 6.92 Å². The lowest BCUT2D eigenvalue weighted by atomic mass is 10.1. The zero-order valence-corrected chi connectivity index (χ0v) is 11.7. The average molecular weight is 259 g/mol. The Morgan fingerprint density at radius 1 is 1.44 bits per heavy atom. The SMILES string of the molecule is CCN(C)C(=O)C(C)NC(=O)C(N)CCCOC. The normalized spacial score (nSPS) is 13.8. The third-order valence-corrected chi connectivity index (χ3v) is 2.78. The zero-order chi connectivity index (χ0) is 14.1. The van der Waals surface area contributed by atoms with Crippen LogP contribution in [0.4, 0.5) is 0 Å². The van der Waals surface area contributed by atoms with Crippen LogP contribution in [0.1, 0.15) is 26.7 Å². The lowest BCUT2D eigenvalue weighted by molar-refractivity contribution is -0.135. The second-order valence-corrected chi connectivity index (χ2v) is 4.32. The number of likely N-dealkylation sites (N-methyl/N-ethyl adjacent to an activating group) is 1. The zero-order valence-electron chi connectivity index (χ0n) is 11.7. The quantitative estimate of drug-likeness (QED) is 0.587. The fraction of sp³-hybridized carbons (Fsp3) is 0.833. The van der Waals surface area contributed by atoms with Crippen molar-refractivity contribution in [2.75, 3.05) is 27.3 Å². The average Bonchev–Trinajstić information content (AvgIpc) is 2.36. The van der Waals surface area contributed by atoms with Crippen LogP contribution in [0.2, 0.25) is 0 Å². The predicted octanol–water partition coefficient (Wildman–Crippen LogP) is -0.277. The van der Waals surface area contributed by atoms with Gasteiger partial charge in [-0.3, -0.25) is 9.59 Å². The number of ether oxygens (including phenoxy) is 1. The molecular formula is C12H25N3O3. The first-order valence-corrected chi connectivity index (χ1v) is 6.23. The molecule has 2 atom stereocenters. The number of rotatable bonds is 8. The molecule has 0 radical (unpaired) electrons. The maximum atomic E-state index is 11.7. The Kier molecular flexibility index (Phi) is 8.32. The number of nitrogens with zero attached hydrogens (tertiary/aromatic N) is 1. The molecule has 0 rings (SSSR count). The van der Waals surface area contributed by atoms with Crippen molar-refractivity contribution in [3.8, 4) is 0 Å². The molecule has 0 aliphatic rings. The van der Waals surface area contributed by atoms with Crippen LogP contribution in [0.3, 0.4) is 0 Å². The molecular weight excluding hydrogens is 234 g/mol. The topological polar surface area (TPSA) is 84.7 Å².